The Morgan fingerprint density at radius 3 is 2.44 bits per heavy atom. The van der Waals surface area contributed by atoms with Crippen LogP contribution in [0.15, 0.2) is 22.7 Å². The van der Waals surface area contributed by atoms with E-state index >= 15 is 0 Å². The third-order valence-electron chi connectivity index (χ3n) is 5.93. The molecule has 0 radical (unpaired) electrons. The van der Waals surface area contributed by atoms with Crippen LogP contribution in [-0.4, -0.2) is 47.2 Å². The fourth-order valence-electron chi connectivity index (χ4n) is 4.31. The van der Waals surface area contributed by atoms with E-state index in [4.69, 9.17) is 19.0 Å². The molecule has 168 valence electrons. The number of nitriles is 1. The molecule has 2 aliphatic rings. The normalized spacial score (nSPS) is 17.3. The van der Waals surface area contributed by atoms with Gasteiger partial charge in [-0.25, -0.2) is 4.98 Å². The molecule has 5 rings (SSSR count). The predicted molar refractivity (Wildman–Crippen MR) is 121 cm³/mol. The number of nitrogens with zero attached hydrogens (tertiary/aromatic N) is 5. The van der Waals surface area contributed by atoms with Crippen molar-refractivity contribution in [3.05, 3.63) is 35.2 Å². The third kappa shape index (κ3) is 3.94. The van der Waals surface area contributed by atoms with E-state index in [2.05, 4.69) is 34.1 Å². The highest BCUT2D eigenvalue weighted by atomic mass is 16.7. The van der Waals surface area contributed by atoms with Crippen LogP contribution in [0.1, 0.15) is 50.6 Å². The first-order chi connectivity index (χ1) is 15.6. The van der Waals surface area contributed by atoms with Crippen molar-refractivity contribution in [2.75, 3.05) is 31.2 Å². The second-order valence-corrected chi connectivity index (χ2v) is 7.74. The zero-order valence-corrected chi connectivity index (χ0v) is 19.1. The quantitative estimate of drug-likeness (QED) is 0.597. The Bertz CT molecular complexity index is 1130. The summed E-state index contributed by atoms with van der Waals surface area (Å²) < 4.78 is 17.2. The van der Waals surface area contributed by atoms with Gasteiger partial charge < -0.3 is 18.9 Å². The van der Waals surface area contributed by atoms with Crippen molar-refractivity contribution >= 4 is 16.7 Å². The molecule has 32 heavy (non-hydrogen) atoms. The summed E-state index contributed by atoms with van der Waals surface area (Å²) in [5.41, 5.74) is 3.05. The number of hydrogen-bond donors (Lipinski definition) is 0. The predicted octanol–water partition coefficient (Wildman–Crippen LogP) is 4.40. The summed E-state index contributed by atoms with van der Waals surface area (Å²) in [5.74, 6) is 1.05. The maximum atomic E-state index is 10.1. The van der Waals surface area contributed by atoms with Crippen molar-refractivity contribution in [2.45, 2.75) is 52.7 Å². The topological polar surface area (TPSA) is 97.3 Å². The molecule has 2 saturated heterocycles. The third-order valence-corrected chi connectivity index (χ3v) is 5.93. The van der Waals surface area contributed by atoms with Gasteiger partial charge in [0.25, 0.3) is 5.89 Å². The zero-order chi connectivity index (χ0) is 22.7. The molecule has 0 unspecified atom stereocenters. The van der Waals surface area contributed by atoms with E-state index in [9.17, 15) is 5.26 Å². The van der Waals surface area contributed by atoms with Crippen LogP contribution in [0.4, 0.5) is 5.82 Å². The standard InChI is InChI=1S/C22H23N5O3.C2H6/c1-3-15-4-5-18-16(12-15)17(13-23)19(21-24-14(2)26-30-21)20(25-18)27-8-6-22(7-9-27)28-10-11-29-22;1-2/h4-5,12H,3,6-11H2,1-2H3;1-2H3. The average molecular weight is 436 g/mol. The number of ether oxygens (including phenoxy) is 2. The summed E-state index contributed by atoms with van der Waals surface area (Å²) in [6, 6.07) is 8.45. The van der Waals surface area contributed by atoms with Crippen molar-refractivity contribution in [1.29, 1.82) is 5.26 Å². The Morgan fingerprint density at radius 1 is 1.12 bits per heavy atom. The largest absolute Gasteiger partial charge is 0.355 e. The molecular weight excluding hydrogens is 406 g/mol. The molecule has 8 nitrogen and oxygen atoms in total. The van der Waals surface area contributed by atoms with E-state index in [1.807, 2.05) is 26.0 Å². The molecule has 0 saturated carbocycles. The van der Waals surface area contributed by atoms with Crippen molar-refractivity contribution < 1.29 is 14.0 Å². The second-order valence-electron chi connectivity index (χ2n) is 7.74. The Kier molecular flexibility index (Phi) is 6.40. The molecule has 0 bridgehead atoms. The van der Waals surface area contributed by atoms with Crippen LogP contribution in [0.3, 0.4) is 0 Å². The van der Waals surface area contributed by atoms with Crippen LogP contribution in [0.5, 0.6) is 0 Å². The van der Waals surface area contributed by atoms with E-state index in [0.29, 0.717) is 55.0 Å². The first-order valence-electron chi connectivity index (χ1n) is 11.3. The van der Waals surface area contributed by atoms with Gasteiger partial charge >= 0.3 is 0 Å². The number of aromatic nitrogens is 3. The summed E-state index contributed by atoms with van der Waals surface area (Å²) in [6.45, 7) is 10.5. The molecule has 4 heterocycles. The molecule has 0 N–H and O–H groups in total. The molecule has 0 atom stereocenters. The molecule has 1 aromatic carbocycles. The van der Waals surface area contributed by atoms with E-state index in [0.717, 1.165) is 35.7 Å². The van der Waals surface area contributed by atoms with Crippen molar-refractivity contribution in [2.24, 2.45) is 0 Å². The van der Waals surface area contributed by atoms with E-state index < -0.39 is 5.79 Å². The number of benzene rings is 1. The Morgan fingerprint density at radius 2 is 1.84 bits per heavy atom. The lowest BCUT2D eigenvalue weighted by Gasteiger charge is -2.38. The minimum absolute atomic E-state index is 0.323. The highest BCUT2D eigenvalue weighted by molar-refractivity contribution is 5.95. The SMILES string of the molecule is CC.CCc1ccc2nc(N3CCC4(CC3)OCCO4)c(-c3nc(C)no3)c(C#N)c2c1. The number of pyridine rings is 1. The molecule has 2 aromatic heterocycles. The molecule has 0 amide bonds. The maximum Gasteiger partial charge on any atom is 0.263 e. The first-order valence-corrected chi connectivity index (χ1v) is 11.3. The number of hydrogen-bond acceptors (Lipinski definition) is 8. The van der Waals surface area contributed by atoms with Crippen LogP contribution in [0.2, 0.25) is 0 Å². The highest BCUT2D eigenvalue weighted by Crippen LogP contribution is 2.39. The van der Waals surface area contributed by atoms with Crippen molar-refractivity contribution in [1.82, 2.24) is 15.1 Å². The van der Waals surface area contributed by atoms with Gasteiger partial charge in [-0.3, -0.25) is 0 Å². The summed E-state index contributed by atoms with van der Waals surface area (Å²) in [6.07, 6.45) is 2.36. The van der Waals surface area contributed by atoms with Gasteiger partial charge in [-0.15, -0.1) is 0 Å². The first kappa shape index (κ1) is 22.2. The second kappa shape index (κ2) is 9.23. The minimum atomic E-state index is -0.483. The number of aryl methyl sites for hydroxylation is 2. The highest BCUT2D eigenvalue weighted by Gasteiger charge is 2.41. The Labute approximate surface area is 188 Å². The summed E-state index contributed by atoms with van der Waals surface area (Å²) >= 11 is 0. The number of anilines is 1. The van der Waals surface area contributed by atoms with Gasteiger partial charge in [0.15, 0.2) is 11.6 Å². The lowest BCUT2D eigenvalue weighted by molar-refractivity contribution is -0.169. The number of fused-ring (bicyclic) bond motifs is 1. The average Bonchev–Trinajstić information content (AvgIpc) is 3.48. The monoisotopic (exact) mass is 435 g/mol. The molecule has 0 aliphatic carbocycles. The van der Waals surface area contributed by atoms with E-state index in [-0.39, 0.29) is 0 Å². The van der Waals surface area contributed by atoms with Crippen molar-refractivity contribution in [3.8, 4) is 17.5 Å². The van der Waals surface area contributed by atoms with Gasteiger partial charge in [-0.2, -0.15) is 10.2 Å². The molecule has 2 fully saturated rings. The van der Waals surface area contributed by atoms with Gasteiger partial charge in [-0.1, -0.05) is 32.0 Å². The fraction of sp³-hybridized carbons (Fsp3) is 0.500. The van der Waals surface area contributed by atoms with Crippen LogP contribution >= 0.6 is 0 Å². The lowest BCUT2D eigenvalue weighted by atomic mass is 9.98. The summed E-state index contributed by atoms with van der Waals surface area (Å²) in [5, 5.41) is 14.9. The molecule has 1 spiro atoms. The Balaban J connectivity index is 0.00000119. The van der Waals surface area contributed by atoms with Crippen molar-refractivity contribution in [3.63, 3.8) is 0 Å². The van der Waals surface area contributed by atoms with Crippen LogP contribution in [-0.2, 0) is 15.9 Å². The maximum absolute atomic E-state index is 10.1. The fourth-order valence-corrected chi connectivity index (χ4v) is 4.31. The van der Waals surface area contributed by atoms with Crippen LogP contribution in [0.25, 0.3) is 22.4 Å². The van der Waals surface area contributed by atoms with E-state index in [1.54, 1.807) is 6.92 Å². The van der Waals surface area contributed by atoms with Gasteiger partial charge in [-0.05, 0) is 31.0 Å². The van der Waals surface area contributed by atoms with Crippen LogP contribution in [0, 0.1) is 18.3 Å². The van der Waals surface area contributed by atoms with Gasteiger partial charge in [0.1, 0.15) is 17.5 Å². The van der Waals surface area contributed by atoms with Gasteiger partial charge in [0.2, 0.25) is 0 Å². The Hall–Kier alpha value is -3.02. The summed E-state index contributed by atoms with van der Waals surface area (Å²) in [7, 11) is 0. The van der Waals surface area contributed by atoms with Gasteiger partial charge in [0.05, 0.1) is 24.3 Å². The van der Waals surface area contributed by atoms with E-state index in [1.165, 1.54) is 0 Å². The molecule has 2 aliphatic heterocycles. The minimum Gasteiger partial charge on any atom is -0.355 e. The number of piperidine rings is 1. The van der Waals surface area contributed by atoms with Gasteiger partial charge in [0, 0.05) is 31.3 Å². The number of rotatable bonds is 3. The zero-order valence-electron chi connectivity index (χ0n) is 19.1. The smallest absolute Gasteiger partial charge is 0.263 e. The molecular formula is C24H29N5O3. The lowest BCUT2D eigenvalue weighted by Crippen LogP contribution is -2.45. The molecule has 3 aromatic rings. The summed E-state index contributed by atoms with van der Waals surface area (Å²) in [4.78, 5) is 11.5. The van der Waals surface area contributed by atoms with Crippen LogP contribution < -0.4 is 4.90 Å². The molecule has 8 heteroatoms.